The number of halogens is 5. The minimum absolute atomic E-state index is 0.0391. The van der Waals surface area contributed by atoms with E-state index in [2.05, 4.69) is 11.7 Å². The maximum Gasteiger partial charge on any atom is 0.573 e. The van der Waals surface area contributed by atoms with E-state index in [0.717, 1.165) is 70.1 Å². The number of hydrogen-bond donors (Lipinski definition) is 0. The SMILES string of the molecule is CCCCOC1CCC2CC(c3cc(F)c(OC(F)(F)F)c(F)c3)CCC2C1. The van der Waals surface area contributed by atoms with Crippen LogP contribution in [0.1, 0.15) is 69.8 Å². The van der Waals surface area contributed by atoms with E-state index in [-0.39, 0.29) is 5.92 Å². The Morgan fingerprint density at radius 3 is 2.25 bits per heavy atom. The highest BCUT2D eigenvalue weighted by molar-refractivity contribution is 5.33. The van der Waals surface area contributed by atoms with Crippen LogP contribution in [0, 0.1) is 23.5 Å². The van der Waals surface area contributed by atoms with Gasteiger partial charge in [0.15, 0.2) is 11.6 Å². The second-order valence-corrected chi connectivity index (χ2v) is 8.05. The Bertz CT molecular complexity index is 638. The Kier molecular flexibility index (Phi) is 6.84. The van der Waals surface area contributed by atoms with Crippen molar-refractivity contribution in [1.82, 2.24) is 0 Å². The predicted molar refractivity (Wildman–Crippen MR) is 95.1 cm³/mol. The summed E-state index contributed by atoms with van der Waals surface area (Å²) in [5, 5.41) is 0. The van der Waals surface area contributed by atoms with E-state index in [9.17, 15) is 22.0 Å². The van der Waals surface area contributed by atoms with Gasteiger partial charge in [0.2, 0.25) is 5.75 Å². The molecule has 1 aromatic rings. The zero-order chi connectivity index (χ0) is 20.3. The first kappa shape index (κ1) is 21.3. The van der Waals surface area contributed by atoms with E-state index in [1.807, 2.05) is 0 Å². The number of ether oxygens (including phenoxy) is 2. The maximum absolute atomic E-state index is 14.0. The molecule has 0 aliphatic heterocycles. The predicted octanol–water partition coefficient (Wildman–Crippen LogP) is 6.73. The lowest BCUT2D eigenvalue weighted by atomic mass is 9.65. The molecule has 1 aromatic carbocycles. The average molecular weight is 406 g/mol. The molecular weight excluding hydrogens is 379 g/mol. The van der Waals surface area contributed by atoms with Crippen LogP contribution < -0.4 is 4.74 Å². The average Bonchev–Trinajstić information content (AvgIpc) is 2.63. The van der Waals surface area contributed by atoms with E-state index < -0.39 is 23.7 Å². The normalized spacial score (nSPS) is 28.1. The molecular formula is C21H27F5O2. The highest BCUT2D eigenvalue weighted by Gasteiger charge is 2.38. The molecule has 0 spiro atoms. The molecule has 2 aliphatic carbocycles. The first-order valence-electron chi connectivity index (χ1n) is 10.1. The minimum atomic E-state index is -5.13. The molecule has 3 rings (SSSR count). The van der Waals surface area contributed by atoms with Gasteiger partial charge in [-0.2, -0.15) is 0 Å². The molecule has 0 aromatic heterocycles. The van der Waals surface area contributed by atoms with Gasteiger partial charge >= 0.3 is 6.36 Å². The van der Waals surface area contributed by atoms with Crippen LogP contribution in [0.15, 0.2) is 12.1 Å². The molecule has 0 radical (unpaired) electrons. The summed E-state index contributed by atoms with van der Waals surface area (Å²) in [5.74, 6) is -3.00. The topological polar surface area (TPSA) is 18.5 Å². The molecule has 4 unspecified atom stereocenters. The molecule has 7 heteroatoms. The summed E-state index contributed by atoms with van der Waals surface area (Å²) >= 11 is 0. The fraction of sp³-hybridized carbons (Fsp3) is 0.714. The number of fused-ring (bicyclic) bond motifs is 1. The van der Waals surface area contributed by atoms with Crippen LogP contribution in [0.2, 0.25) is 0 Å². The summed E-state index contributed by atoms with van der Waals surface area (Å²) in [6, 6.07) is 1.99. The van der Waals surface area contributed by atoms with Gasteiger partial charge in [-0.05, 0) is 80.4 Å². The van der Waals surface area contributed by atoms with Crippen LogP contribution in [-0.4, -0.2) is 19.1 Å². The first-order chi connectivity index (χ1) is 13.3. The smallest absolute Gasteiger partial charge is 0.399 e. The second kappa shape index (κ2) is 8.97. The van der Waals surface area contributed by atoms with Crippen LogP contribution in [0.25, 0.3) is 0 Å². The monoisotopic (exact) mass is 406 g/mol. The maximum atomic E-state index is 14.0. The van der Waals surface area contributed by atoms with Crippen molar-refractivity contribution in [2.24, 2.45) is 11.8 Å². The van der Waals surface area contributed by atoms with Gasteiger partial charge in [-0.3, -0.25) is 0 Å². The molecule has 0 saturated heterocycles. The van der Waals surface area contributed by atoms with Crippen molar-refractivity contribution >= 4 is 0 Å². The Morgan fingerprint density at radius 2 is 1.61 bits per heavy atom. The lowest BCUT2D eigenvalue weighted by molar-refractivity contribution is -0.276. The molecule has 2 fully saturated rings. The summed E-state index contributed by atoms with van der Waals surface area (Å²) in [6.45, 7) is 2.93. The molecule has 158 valence electrons. The van der Waals surface area contributed by atoms with E-state index in [1.54, 1.807) is 0 Å². The Hall–Kier alpha value is -1.37. The van der Waals surface area contributed by atoms with Crippen LogP contribution in [-0.2, 0) is 4.74 Å². The van der Waals surface area contributed by atoms with E-state index in [0.29, 0.717) is 23.5 Å². The minimum Gasteiger partial charge on any atom is -0.399 e. The largest absolute Gasteiger partial charge is 0.573 e. The molecule has 0 amide bonds. The van der Waals surface area contributed by atoms with Gasteiger partial charge < -0.3 is 9.47 Å². The third kappa shape index (κ3) is 5.37. The summed E-state index contributed by atoms with van der Waals surface area (Å²) in [6.07, 6.45) is 2.95. The van der Waals surface area contributed by atoms with Crippen molar-refractivity contribution < 1.29 is 31.4 Å². The zero-order valence-corrected chi connectivity index (χ0v) is 16.0. The van der Waals surface area contributed by atoms with Crippen molar-refractivity contribution in [3.63, 3.8) is 0 Å². The first-order valence-corrected chi connectivity index (χ1v) is 10.1. The molecule has 2 saturated carbocycles. The van der Waals surface area contributed by atoms with Crippen molar-refractivity contribution in [3.05, 3.63) is 29.3 Å². The Balaban J connectivity index is 1.62. The standard InChI is InChI=1S/C21H27F5O2/c1-2-3-8-27-17-7-6-13-9-14(4-5-15(13)10-17)16-11-18(22)20(19(23)12-16)28-21(24,25)26/h11-15,17H,2-10H2,1H3. The Morgan fingerprint density at radius 1 is 0.964 bits per heavy atom. The zero-order valence-electron chi connectivity index (χ0n) is 16.0. The lowest BCUT2D eigenvalue weighted by Gasteiger charge is -2.42. The summed E-state index contributed by atoms with van der Waals surface area (Å²) in [4.78, 5) is 0. The number of benzene rings is 1. The number of alkyl halides is 3. The molecule has 0 N–H and O–H groups in total. The van der Waals surface area contributed by atoms with Gasteiger partial charge in [-0.15, -0.1) is 13.2 Å². The van der Waals surface area contributed by atoms with E-state index >= 15 is 0 Å². The Labute approximate surface area is 162 Å². The van der Waals surface area contributed by atoms with Crippen molar-refractivity contribution in [2.75, 3.05) is 6.61 Å². The second-order valence-electron chi connectivity index (χ2n) is 8.05. The summed E-state index contributed by atoms with van der Waals surface area (Å²) < 4.78 is 74.5. The lowest BCUT2D eigenvalue weighted by Crippen LogP contribution is -2.34. The fourth-order valence-electron chi connectivity index (χ4n) is 4.72. The van der Waals surface area contributed by atoms with Gasteiger partial charge in [0.05, 0.1) is 6.10 Å². The van der Waals surface area contributed by atoms with Gasteiger partial charge in [0.25, 0.3) is 0 Å². The number of unbranched alkanes of at least 4 members (excludes halogenated alkanes) is 1. The summed E-state index contributed by atoms with van der Waals surface area (Å²) in [5.41, 5.74) is 0.421. The molecule has 2 nitrogen and oxygen atoms in total. The van der Waals surface area contributed by atoms with Crippen molar-refractivity contribution in [1.29, 1.82) is 0 Å². The fourth-order valence-corrected chi connectivity index (χ4v) is 4.72. The van der Waals surface area contributed by atoms with Crippen LogP contribution >= 0.6 is 0 Å². The third-order valence-electron chi connectivity index (χ3n) is 6.13. The van der Waals surface area contributed by atoms with Crippen molar-refractivity contribution in [2.45, 2.75) is 76.7 Å². The highest BCUT2D eigenvalue weighted by Crippen LogP contribution is 2.47. The molecule has 0 bridgehead atoms. The number of hydrogen-bond acceptors (Lipinski definition) is 2. The van der Waals surface area contributed by atoms with Crippen LogP contribution in [0.4, 0.5) is 22.0 Å². The molecule has 4 atom stereocenters. The van der Waals surface area contributed by atoms with Crippen molar-refractivity contribution in [3.8, 4) is 5.75 Å². The van der Waals surface area contributed by atoms with Gasteiger partial charge in [0, 0.05) is 6.61 Å². The van der Waals surface area contributed by atoms with E-state index in [4.69, 9.17) is 4.74 Å². The van der Waals surface area contributed by atoms with Crippen LogP contribution in [0.5, 0.6) is 5.75 Å². The van der Waals surface area contributed by atoms with Crippen LogP contribution in [0.3, 0.4) is 0 Å². The highest BCUT2D eigenvalue weighted by atomic mass is 19.4. The molecule has 28 heavy (non-hydrogen) atoms. The summed E-state index contributed by atoms with van der Waals surface area (Å²) in [7, 11) is 0. The number of rotatable bonds is 6. The van der Waals surface area contributed by atoms with Gasteiger partial charge in [0.1, 0.15) is 0 Å². The third-order valence-corrected chi connectivity index (χ3v) is 6.13. The quantitative estimate of drug-likeness (QED) is 0.385. The van der Waals surface area contributed by atoms with E-state index in [1.165, 1.54) is 0 Å². The molecule has 2 aliphatic rings. The van der Waals surface area contributed by atoms with Gasteiger partial charge in [-0.25, -0.2) is 8.78 Å². The van der Waals surface area contributed by atoms with Gasteiger partial charge in [-0.1, -0.05) is 13.3 Å². The molecule has 0 heterocycles.